The van der Waals surface area contributed by atoms with E-state index >= 15 is 0 Å². The van der Waals surface area contributed by atoms with Gasteiger partial charge in [0.1, 0.15) is 12.4 Å². The zero-order chi connectivity index (χ0) is 12.2. The molecule has 0 fully saturated rings. The highest BCUT2D eigenvalue weighted by atomic mass is 19.4. The highest BCUT2D eigenvalue weighted by Gasteiger charge is 2.27. The molecule has 2 N–H and O–H groups in total. The molecule has 0 aliphatic heterocycles. The molecule has 6 heteroatoms. The second-order valence-corrected chi connectivity index (χ2v) is 3.22. The fourth-order valence-electron chi connectivity index (χ4n) is 1.13. The molecule has 1 rings (SSSR count). The molecule has 0 unspecified atom stereocenters. The summed E-state index contributed by atoms with van der Waals surface area (Å²) >= 11 is 0. The molecular weight excluding hydrogens is 223 g/mol. The number of rotatable bonds is 4. The molecule has 0 heterocycles. The van der Waals surface area contributed by atoms with Crippen molar-refractivity contribution in [2.24, 2.45) is 0 Å². The van der Waals surface area contributed by atoms with E-state index in [2.05, 4.69) is 4.74 Å². The lowest BCUT2D eigenvalue weighted by Crippen LogP contribution is -2.19. The molecule has 0 aliphatic rings. The van der Waals surface area contributed by atoms with Gasteiger partial charge in [-0.3, -0.25) is 0 Å². The van der Waals surface area contributed by atoms with Crippen LogP contribution in [0.3, 0.4) is 0 Å². The summed E-state index contributed by atoms with van der Waals surface area (Å²) in [6, 6.07) is 5.08. The number of halogens is 3. The summed E-state index contributed by atoms with van der Waals surface area (Å²) in [4.78, 5) is 0. The van der Waals surface area contributed by atoms with Gasteiger partial charge < -0.3 is 15.2 Å². The van der Waals surface area contributed by atoms with E-state index in [-0.39, 0.29) is 0 Å². The van der Waals surface area contributed by atoms with Crippen molar-refractivity contribution < 1.29 is 22.6 Å². The molecule has 0 aromatic heterocycles. The highest BCUT2D eigenvalue weighted by molar-refractivity contribution is 5.56. The van der Waals surface area contributed by atoms with Crippen molar-refractivity contribution in [2.45, 2.75) is 13.1 Å². The Labute approximate surface area is 91.0 Å². The molecule has 16 heavy (non-hydrogen) atoms. The molecule has 0 saturated heterocycles. The van der Waals surface area contributed by atoms with Crippen LogP contribution in [0, 0.1) is 6.92 Å². The summed E-state index contributed by atoms with van der Waals surface area (Å²) in [5.74, 6) is 0.352. The van der Waals surface area contributed by atoms with Crippen LogP contribution in [0.5, 0.6) is 5.75 Å². The summed E-state index contributed by atoms with van der Waals surface area (Å²) < 4.78 is 44.5. The third kappa shape index (κ3) is 3.98. The van der Waals surface area contributed by atoms with Gasteiger partial charge in [-0.25, -0.2) is 0 Å². The van der Waals surface area contributed by atoms with Crippen molar-refractivity contribution in [1.82, 2.24) is 0 Å². The number of nitrogen functional groups attached to an aromatic ring is 1. The Morgan fingerprint density at radius 1 is 1.31 bits per heavy atom. The smallest absolute Gasteiger partial charge is 0.411 e. The third-order valence-corrected chi connectivity index (χ3v) is 1.79. The van der Waals surface area contributed by atoms with E-state index in [1.54, 1.807) is 25.1 Å². The maximum Gasteiger partial charge on any atom is 0.411 e. The molecule has 0 amide bonds. The second-order valence-electron chi connectivity index (χ2n) is 3.22. The van der Waals surface area contributed by atoms with Crippen molar-refractivity contribution in [3.05, 3.63) is 23.8 Å². The molecule has 0 spiro atoms. The van der Waals surface area contributed by atoms with E-state index in [9.17, 15) is 13.2 Å². The van der Waals surface area contributed by atoms with Crippen molar-refractivity contribution in [3.63, 3.8) is 0 Å². The summed E-state index contributed by atoms with van der Waals surface area (Å²) in [5.41, 5.74) is 6.70. The molecule has 90 valence electrons. The first kappa shape index (κ1) is 12.6. The van der Waals surface area contributed by atoms with Gasteiger partial charge in [-0.1, -0.05) is 12.1 Å². The average molecular weight is 235 g/mol. The predicted molar refractivity (Wildman–Crippen MR) is 53.1 cm³/mol. The zero-order valence-electron chi connectivity index (χ0n) is 8.67. The minimum absolute atomic E-state index is 0.352. The lowest BCUT2D eigenvalue weighted by Gasteiger charge is -2.12. The Hall–Kier alpha value is -1.43. The molecule has 0 atom stereocenters. The summed E-state index contributed by atoms with van der Waals surface area (Å²) in [6.45, 7) is -0.0667. The normalized spacial score (nSPS) is 11.5. The van der Waals surface area contributed by atoms with Crippen LogP contribution in [0.15, 0.2) is 18.2 Å². The number of benzene rings is 1. The minimum atomic E-state index is -4.35. The molecule has 3 nitrogen and oxygen atoms in total. The number of hydrogen-bond donors (Lipinski definition) is 1. The number of alkyl halides is 3. The first-order chi connectivity index (χ1) is 7.40. The van der Waals surface area contributed by atoms with Gasteiger partial charge in [0.25, 0.3) is 0 Å². The number of ether oxygens (including phenoxy) is 2. The molecule has 0 aliphatic carbocycles. The van der Waals surface area contributed by atoms with Gasteiger partial charge in [-0.2, -0.15) is 13.2 Å². The van der Waals surface area contributed by atoms with Crippen LogP contribution in [0.25, 0.3) is 0 Å². The molecule has 1 aromatic rings. The van der Waals surface area contributed by atoms with E-state index in [1.807, 2.05) is 0 Å². The highest BCUT2D eigenvalue weighted by Crippen LogP contribution is 2.25. The third-order valence-electron chi connectivity index (χ3n) is 1.79. The van der Waals surface area contributed by atoms with Crippen molar-refractivity contribution in [2.75, 3.05) is 19.1 Å². The predicted octanol–water partition coefficient (Wildman–Crippen LogP) is 2.49. The largest absolute Gasteiger partial charge is 0.465 e. The lowest BCUT2D eigenvalue weighted by molar-refractivity contribution is -0.186. The van der Waals surface area contributed by atoms with Gasteiger partial charge in [0, 0.05) is 0 Å². The van der Waals surface area contributed by atoms with Gasteiger partial charge in [0.05, 0.1) is 5.69 Å². The van der Waals surface area contributed by atoms with Crippen LogP contribution < -0.4 is 10.5 Å². The van der Waals surface area contributed by atoms with E-state index in [1.165, 1.54) is 0 Å². The topological polar surface area (TPSA) is 44.5 Å². The van der Waals surface area contributed by atoms with Gasteiger partial charge in [0.15, 0.2) is 6.79 Å². The SMILES string of the molecule is Cc1cccc(N)c1OCOCC(F)(F)F. The molecule has 0 saturated carbocycles. The standard InChI is InChI=1S/C10H12F3NO2/c1-7-3-2-4-8(14)9(7)16-6-15-5-10(11,12)13/h2-4H,5-6,14H2,1H3. The Balaban J connectivity index is 2.43. The van der Waals surface area contributed by atoms with Gasteiger partial charge in [0.2, 0.25) is 0 Å². The summed E-state index contributed by atoms with van der Waals surface area (Å²) in [6.07, 6.45) is -4.35. The quantitative estimate of drug-likeness (QED) is 0.495. The van der Waals surface area contributed by atoms with Crippen LogP contribution in [0.2, 0.25) is 0 Å². The zero-order valence-corrected chi connectivity index (χ0v) is 8.67. The maximum atomic E-state index is 11.7. The molecule has 1 aromatic carbocycles. The minimum Gasteiger partial charge on any atom is -0.465 e. The maximum absolute atomic E-state index is 11.7. The van der Waals surface area contributed by atoms with Crippen LogP contribution >= 0.6 is 0 Å². The Kier molecular flexibility index (Phi) is 4.00. The molecule has 0 bridgehead atoms. The first-order valence-electron chi connectivity index (χ1n) is 4.52. The van der Waals surface area contributed by atoms with Crippen LogP contribution in [-0.4, -0.2) is 19.6 Å². The number of hydrogen-bond acceptors (Lipinski definition) is 3. The van der Waals surface area contributed by atoms with E-state index in [0.29, 0.717) is 11.4 Å². The summed E-state index contributed by atoms with van der Waals surface area (Å²) in [5, 5.41) is 0. The lowest BCUT2D eigenvalue weighted by atomic mass is 10.2. The first-order valence-corrected chi connectivity index (χ1v) is 4.52. The fraction of sp³-hybridized carbons (Fsp3) is 0.400. The van der Waals surface area contributed by atoms with Crippen molar-refractivity contribution in [1.29, 1.82) is 0 Å². The van der Waals surface area contributed by atoms with E-state index in [4.69, 9.17) is 10.5 Å². The van der Waals surface area contributed by atoms with Crippen LogP contribution in [-0.2, 0) is 4.74 Å². The Morgan fingerprint density at radius 3 is 2.56 bits per heavy atom. The van der Waals surface area contributed by atoms with Gasteiger partial charge >= 0.3 is 6.18 Å². The van der Waals surface area contributed by atoms with Crippen molar-refractivity contribution >= 4 is 5.69 Å². The van der Waals surface area contributed by atoms with E-state index < -0.39 is 19.6 Å². The van der Waals surface area contributed by atoms with Crippen LogP contribution in [0.1, 0.15) is 5.56 Å². The Morgan fingerprint density at radius 2 is 2.00 bits per heavy atom. The van der Waals surface area contributed by atoms with Crippen LogP contribution in [0.4, 0.5) is 18.9 Å². The monoisotopic (exact) mass is 235 g/mol. The number of aryl methyl sites for hydroxylation is 1. The number of nitrogens with two attached hydrogens (primary N) is 1. The molecular formula is C10H12F3NO2. The number of para-hydroxylation sites is 1. The van der Waals surface area contributed by atoms with Crippen molar-refractivity contribution in [3.8, 4) is 5.75 Å². The van der Waals surface area contributed by atoms with Gasteiger partial charge in [-0.05, 0) is 18.6 Å². The fourth-order valence-corrected chi connectivity index (χ4v) is 1.13. The van der Waals surface area contributed by atoms with Gasteiger partial charge in [-0.15, -0.1) is 0 Å². The summed E-state index contributed by atoms with van der Waals surface area (Å²) in [7, 11) is 0. The van der Waals surface area contributed by atoms with E-state index in [0.717, 1.165) is 5.56 Å². The number of anilines is 1. The Bertz CT molecular complexity index is 332. The average Bonchev–Trinajstić information content (AvgIpc) is 2.14. The second kappa shape index (κ2) is 5.07. The molecule has 0 radical (unpaired) electrons.